The number of sulfonamides is 1. The third-order valence-corrected chi connectivity index (χ3v) is 7.96. The second-order valence-electron chi connectivity index (χ2n) is 9.33. The van der Waals surface area contributed by atoms with Crippen LogP contribution in [0.1, 0.15) is 24.0 Å². The van der Waals surface area contributed by atoms with Gasteiger partial charge in [-0.3, -0.25) is 14.6 Å². The lowest BCUT2D eigenvalue weighted by molar-refractivity contribution is -0.130. The molecule has 2 amide bonds. The van der Waals surface area contributed by atoms with Crippen LogP contribution in [0.25, 0.3) is 10.8 Å². The first kappa shape index (κ1) is 26.6. The predicted molar refractivity (Wildman–Crippen MR) is 148 cm³/mol. The zero-order chi connectivity index (χ0) is 27.6. The van der Waals surface area contributed by atoms with Gasteiger partial charge in [0.25, 0.3) is 0 Å². The first-order valence-electron chi connectivity index (χ1n) is 12.1. The summed E-state index contributed by atoms with van der Waals surface area (Å²) in [4.78, 5) is 31.6. The minimum absolute atomic E-state index is 0.0215. The number of hydrogen-bond donors (Lipinski definition) is 3. The molecule has 0 radical (unpaired) electrons. The van der Waals surface area contributed by atoms with E-state index in [9.17, 15) is 18.0 Å². The fourth-order valence-corrected chi connectivity index (χ4v) is 5.45. The third-order valence-electron chi connectivity index (χ3n) is 6.80. The van der Waals surface area contributed by atoms with E-state index in [0.29, 0.717) is 27.6 Å². The van der Waals surface area contributed by atoms with E-state index in [1.54, 1.807) is 42.7 Å². The normalized spacial score (nSPS) is 16.7. The minimum atomic E-state index is -3.82. The molecule has 0 fully saturated rings. The number of amides is 2. The molecule has 0 aliphatic carbocycles. The Bertz CT molecular complexity index is 1670. The molecule has 5 rings (SSSR count). The maximum Gasteiger partial charge on any atom is 0.238 e. The van der Waals surface area contributed by atoms with Crippen LogP contribution in [0.4, 0.5) is 5.69 Å². The van der Waals surface area contributed by atoms with Crippen molar-refractivity contribution >= 4 is 49.9 Å². The Balaban J connectivity index is 1.43. The molecule has 1 aliphatic heterocycles. The minimum Gasteiger partial charge on any atom is -0.493 e. The van der Waals surface area contributed by atoms with Crippen LogP contribution in [0.5, 0.6) is 5.75 Å². The van der Waals surface area contributed by atoms with Crippen molar-refractivity contribution in [2.75, 3.05) is 11.9 Å². The first-order valence-corrected chi connectivity index (χ1v) is 14.0. The van der Waals surface area contributed by atoms with Crippen LogP contribution in [0, 0.1) is 0 Å². The molecule has 4 N–H and O–H groups in total. The number of primary sulfonamides is 1. The summed E-state index contributed by atoms with van der Waals surface area (Å²) in [5, 5.41) is 13.1. The number of ether oxygens (including phenoxy) is 1. The van der Waals surface area contributed by atoms with Crippen LogP contribution in [0.3, 0.4) is 0 Å². The number of anilines is 1. The maximum absolute atomic E-state index is 14.1. The maximum atomic E-state index is 14.1. The summed E-state index contributed by atoms with van der Waals surface area (Å²) in [5.41, 5.74) is 0.464. The highest BCUT2D eigenvalue weighted by Gasteiger charge is 2.46. The molecule has 39 heavy (non-hydrogen) atoms. The fraction of sp³-hybridized carbons (Fsp3) is 0.179. The number of pyridine rings is 1. The van der Waals surface area contributed by atoms with Crippen molar-refractivity contribution in [3.05, 3.63) is 95.3 Å². The summed E-state index contributed by atoms with van der Waals surface area (Å²) in [7, 11) is -3.82. The van der Waals surface area contributed by atoms with Crippen LogP contribution in [0.15, 0.2) is 84.0 Å². The van der Waals surface area contributed by atoms with Crippen molar-refractivity contribution in [3.63, 3.8) is 0 Å². The number of aromatic nitrogens is 1. The molecule has 1 aromatic heterocycles. The number of fused-ring (bicyclic) bond motifs is 2. The van der Waals surface area contributed by atoms with E-state index in [0.717, 1.165) is 10.8 Å². The largest absolute Gasteiger partial charge is 0.493 e. The van der Waals surface area contributed by atoms with Crippen molar-refractivity contribution < 1.29 is 22.7 Å². The molecule has 4 aromatic rings. The number of rotatable bonds is 7. The van der Waals surface area contributed by atoms with Crippen molar-refractivity contribution in [1.82, 2.24) is 10.3 Å². The van der Waals surface area contributed by atoms with Crippen molar-refractivity contribution in [1.29, 1.82) is 0 Å². The lowest BCUT2D eigenvalue weighted by atomic mass is 9.72. The monoisotopic (exact) mass is 564 g/mol. The summed E-state index contributed by atoms with van der Waals surface area (Å²) in [6, 6.07) is 18.5. The van der Waals surface area contributed by atoms with Gasteiger partial charge in [0.1, 0.15) is 5.75 Å². The molecule has 0 saturated carbocycles. The molecule has 0 saturated heterocycles. The Morgan fingerprint density at radius 1 is 1.05 bits per heavy atom. The molecule has 1 unspecified atom stereocenters. The number of nitrogens with two attached hydrogens (primary N) is 1. The lowest BCUT2D eigenvalue weighted by Gasteiger charge is -2.37. The predicted octanol–water partition coefficient (Wildman–Crippen LogP) is 3.90. The second kappa shape index (κ2) is 10.6. The Morgan fingerprint density at radius 3 is 2.59 bits per heavy atom. The molecule has 1 aliphatic rings. The van der Waals surface area contributed by atoms with Gasteiger partial charge in [0.15, 0.2) is 0 Å². The molecule has 9 nitrogen and oxygen atoms in total. The van der Waals surface area contributed by atoms with Crippen molar-refractivity contribution in [2.24, 2.45) is 5.14 Å². The van der Waals surface area contributed by atoms with E-state index in [2.05, 4.69) is 15.6 Å². The number of hydrogen-bond acceptors (Lipinski definition) is 6. The van der Waals surface area contributed by atoms with Gasteiger partial charge >= 0.3 is 0 Å². The summed E-state index contributed by atoms with van der Waals surface area (Å²) in [6.45, 7) is 0.367. The molecule has 1 atom stereocenters. The SMILES string of the molecule is NS(=O)(=O)c1ccc(CNC(=O)CC2(C(=O)Nc3cncc4ccccc34)CCOc3ccc(Cl)cc32)cc1. The quantitative estimate of drug-likeness (QED) is 0.311. The Hall–Kier alpha value is -3.99. The zero-order valence-corrected chi connectivity index (χ0v) is 22.3. The van der Waals surface area contributed by atoms with Crippen molar-refractivity contribution in [3.8, 4) is 5.75 Å². The van der Waals surface area contributed by atoms with E-state index >= 15 is 0 Å². The highest BCUT2D eigenvalue weighted by Crippen LogP contribution is 2.44. The van der Waals surface area contributed by atoms with Crippen molar-refractivity contribution in [2.45, 2.75) is 29.7 Å². The number of nitrogens with one attached hydrogen (secondary N) is 2. The van der Waals surface area contributed by atoms with Gasteiger partial charge in [0.2, 0.25) is 21.8 Å². The third kappa shape index (κ3) is 5.58. The number of nitrogens with zero attached hydrogens (tertiary/aromatic N) is 1. The second-order valence-corrected chi connectivity index (χ2v) is 11.3. The lowest BCUT2D eigenvalue weighted by Crippen LogP contribution is -2.47. The number of halogens is 1. The Labute approximate surface area is 230 Å². The summed E-state index contributed by atoms with van der Waals surface area (Å²) < 4.78 is 28.8. The van der Waals surface area contributed by atoms with Gasteiger partial charge in [-0.2, -0.15) is 0 Å². The van der Waals surface area contributed by atoms with E-state index in [4.69, 9.17) is 21.5 Å². The molecular formula is C28H25ClN4O5S. The van der Waals surface area contributed by atoms with Gasteiger partial charge in [-0.15, -0.1) is 0 Å². The van der Waals surface area contributed by atoms with Gasteiger partial charge in [0, 0.05) is 46.9 Å². The molecular weight excluding hydrogens is 540 g/mol. The van der Waals surface area contributed by atoms with E-state index in [-0.39, 0.29) is 42.7 Å². The highest BCUT2D eigenvalue weighted by atomic mass is 35.5. The van der Waals surface area contributed by atoms with E-state index in [1.807, 2.05) is 24.3 Å². The van der Waals surface area contributed by atoms with Gasteiger partial charge in [-0.05, 0) is 35.9 Å². The number of benzene rings is 3. The molecule has 3 aromatic carbocycles. The van der Waals surface area contributed by atoms with Crippen LogP contribution in [-0.4, -0.2) is 31.8 Å². The molecule has 2 heterocycles. The number of carbonyl (C=O) groups excluding carboxylic acids is 2. The smallest absolute Gasteiger partial charge is 0.238 e. The van der Waals surface area contributed by atoms with Crippen LogP contribution >= 0.6 is 11.6 Å². The van der Waals surface area contributed by atoms with E-state index < -0.39 is 15.4 Å². The van der Waals surface area contributed by atoms with Crippen LogP contribution in [0.2, 0.25) is 5.02 Å². The molecule has 0 spiro atoms. The fourth-order valence-electron chi connectivity index (χ4n) is 4.76. The average Bonchev–Trinajstić information content (AvgIpc) is 2.92. The van der Waals surface area contributed by atoms with E-state index in [1.165, 1.54) is 12.1 Å². The van der Waals surface area contributed by atoms with Crippen LogP contribution < -0.4 is 20.5 Å². The summed E-state index contributed by atoms with van der Waals surface area (Å²) in [6.07, 6.45) is 3.38. The van der Waals surface area contributed by atoms with Gasteiger partial charge < -0.3 is 15.4 Å². The Kier molecular flexibility index (Phi) is 7.26. The standard InChI is InChI=1S/C28H25ClN4O5S/c29-20-7-10-25-23(13-20)28(11-12-38-25,27(35)33-24-17-31-16-19-3-1-2-4-22(19)24)14-26(34)32-15-18-5-8-21(9-6-18)39(30,36)37/h1-10,13,16-17H,11-12,14-15H2,(H,32,34)(H,33,35)(H2,30,36,37). The molecule has 0 bridgehead atoms. The Morgan fingerprint density at radius 2 is 1.82 bits per heavy atom. The first-order chi connectivity index (χ1) is 18.7. The van der Waals surface area contributed by atoms with Gasteiger partial charge in [-0.25, -0.2) is 13.6 Å². The van der Waals surface area contributed by atoms with Crippen LogP contribution in [-0.2, 0) is 31.6 Å². The zero-order valence-electron chi connectivity index (χ0n) is 20.7. The molecule has 200 valence electrons. The average molecular weight is 565 g/mol. The summed E-state index contributed by atoms with van der Waals surface area (Å²) in [5.74, 6) is -0.257. The van der Waals surface area contributed by atoms with Gasteiger partial charge in [0.05, 0.1) is 28.8 Å². The molecule has 11 heteroatoms. The number of carbonyl (C=O) groups is 2. The van der Waals surface area contributed by atoms with Gasteiger partial charge in [-0.1, -0.05) is 48.0 Å². The summed E-state index contributed by atoms with van der Waals surface area (Å²) >= 11 is 6.32. The highest BCUT2D eigenvalue weighted by molar-refractivity contribution is 7.89. The topological polar surface area (TPSA) is 140 Å².